The zero-order chi connectivity index (χ0) is 7.61. The first kappa shape index (κ1) is 7.54. The first-order valence-electron chi connectivity index (χ1n) is 3.52. The molecule has 0 radical (unpaired) electrons. The number of likely N-dealkylation sites (N-methyl/N-ethyl adjacent to an activating group) is 1. The van der Waals surface area contributed by atoms with Gasteiger partial charge in [-0.1, -0.05) is 0 Å². The minimum absolute atomic E-state index is 0.0150. The van der Waals surface area contributed by atoms with E-state index in [4.69, 9.17) is 4.74 Å². The van der Waals surface area contributed by atoms with Crippen molar-refractivity contribution < 1.29 is 9.53 Å². The SMILES string of the molecule is CNC(=O)C1(OC)CCC1. The average Bonchev–Trinajstić information content (AvgIpc) is 1.86. The Bertz CT molecular complexity index is 135. The molecule has 3 nitrogen and oxygen atoms in total. The molecule has 0 aromatic heterocycles. The van der Waals surface area contributed by atoms with Gasteiger partial charge in [-0.2, -0.15) is 0 Å². The third-order valence-electron chi connectivity index (χ3n) is 2.19. The van der Waals surface area contributed by atoms with Gasteiger partial charge in [-0.15, -0.1) is 0 Å². The summed E-state index contributed by atoms with van der Waals surface area (Å²) in [5.74, 6) is 0.0150. The van der Waals surface area contributed by atoms with Crippen molar-refractivity contribution in [1.29, 1.82) is 0 Å². The van der Waals surface area contributed by atoms with Crippen LogP contribution in [0, 0.1) is 0 Å². The fraction of sp³-hybridized carbons (Fsp3) is 0.857. The highest BCUT2D eigenvalue weighted by atomic mass is 16.5. The van der Waals surface area contributed by atoms with Gasteiger partial charge in [0.05, 0.1) is 0 Å². The van der Waals surface area contributed by atoms with Gasteiger partial charge in [0.2, 0.25) is 0 Å². The summed E-state index contributed by atoms with van der Waals surface area (Å²) in [5, 5.41) is 2.59. The molecule has 0 bridgehead atoms. The average molecular weight is 143 g/mol. The molecule has 0 heterocycles. The third kappa shape index (κ3) is 0.904. The Morgan fingerprint density at radius 2 is 2.20 bits per heavy atom. The molecule has 1 N–H and O–H groups in total. The Morgan fingerprint density at radius 3 is 2.30 bits per heavy atom. The van der Waals surface area contributed by atoms with E-state index in [0.717, 1.165) is 19.3 Å². The highest BCUT2D eigenvalue weighted by Crippen LogP contribution is 2.34. The second-order valence-corrected chi connectivity index (χ2v) is 2.63. The summed E-state index contributed by atoms with van der Waals surface area (Å²) in [6.07, 6.45) is 2.83. The Kier molecular flexibility index (Phi) is 1.94. The van der Waals surface area contributed by atoms with Crippen LogP contribution in [0.15, 0.2) is 0 Å². The van der Waals surface area contributed by atoms with E-state index in [1.807, 2.05) is 0 Å². The number of nitrogens with one attached hydrogen (secondary N) is 1. The molecule has 1 aliphatic rings. The van der Waals surface area contributed by atoms with Crippen molar-refractivity contribution in [3.8, 4) is 0 Å². The summed E-state index contributed by atoms with van der Waals surface area (Å²) in [6, 6.07) is 0. The van der Waals surface area contributed by atoms with Crippen LogP contribution in [0.3, 0.4) is 0 Å². The van der Waals surface area contributed by atoms with E-state index in [1.54, 1.807) is 14.2 Å². The third-order valence-corrected chi connectivity index (χ3v) is 2.19. The van der Waals surface area contributed by atoms with E-state index in [2.05, 4.69) is 5.32 Å². The van der Waals surface area contributed by atoms with Gasteiger partial charge in [-0.05, 0) is 19.3 Å². The fourth-order valence-electron chi connectivity index (χ4n) is 1.25. The number of hydrogen-bond donors (Lipinski definition) is 1. The molecule has 0 aromatic carbocycles. The summed E-state index contributed by atoms with van der Waals surface area (Å²) < 4.78 is 5.11. The molecule has 0 aliphatic heterocycles. The lowest BCUT2D eigenvalue weighted by atomic mass is 9.79. The van der Waals surface area contributed by atoms with E-state index in [9.17, 15) is 4.79 Å². The maximum Gasteiger partial charge on any atom is 0.251 e. The van der Waals surface area contributed by atoms with Crippen molar-refractivity contribution in [2.45, 2.75) is 24.9 Å². The second-order valence-electron chi connectivity index (χ2n) is 2.63. The standard InChI is InChI=1S/C7H13NO2/c1-8-6(9)7(10-2)4-3-5-7/h3-5H2,1-2H3,(H,8,9). The highest BCUT2D eigenvalue weighted by Gasteiger charge is 2.43. The zero-order valence-electron chi connectivity index (χ0n) is 6.44. The normalized spacial score (nSPS) is 21.4. The molecule has 1 rings (SSSR count). The van der Waals surface area contributed by atoms with Crippen LogP contribution in [0.1, 0.15) is 19.3 Å². The maximum atomic E-state index is 11.1. The molecule has 1 aliphatic carbocycles. The largest absolute Gasteiger partial charge is 0.368 e. The van der Waals surface area contributed by atoms with E-state index in [0.29, 0.717) is 0 Å². The molecular weight excluding hydrogens is 130 g/mol. The molecule has 1 amide bonds. The zero-order valence-corrected chi connectivity index (χ0v) is 6.44. The van der Waals surface area contributed by atoms with Gasteiger partial charge >= 0.3 is 0 Å². The minimum atomic E-state index is -0.477. The van der Waals surface area contributed by atoms with E-state index >= 15 is 0 Å². The monoisotopic (exact) mass is 143 g/mol. The van der Waals surface area contributed by atoms with Crippen molar-refractivity contribution in [3.05, 3.63) is 0 Å². The number of carbonyl (C=O) groups excluding carboxylic acids is 1. The molecule has 0 saturated heterocycles. The predicted molar refractivity (Wildman–Crippen MR) is 37.7 cm³/mol. The summed E-state index contributed by atoms with van der Waals surface area (Å²) in [7, 11) is 3.23. The number of ether oxygens (including phenoxy) is 1. The van der Waals surface area contributed by atoms with E-state index < -0.39 is 5.60 Å². The quantitative estimate of drug-likeness (QED) is 0.603. The first-order valence-corrected chi connectivity index (χ1v) is 3.52. The predicted octanol–water partition coefficient (Wildman–Crippen LogP) is 0.301. The van der Waals surface area contributed by atoms with Gasteiger partial charge in [0.1, 0.15) is 5.60 Å². The van der Waals surface area contributed by atoms with Gasteiger partial charge in [-0.3, -0.25) is 4.79 Å². The molecular formula is C7H13NO2. The van der Waals surface area contributed by atoms with E-state index in [1.165, 1.54) is 0 Å². The molecule has 0 unspecified atom stereocenters. The summed E-state index contributed by atoms with van der Waals surface area (Å²) in [6.45, 7) is 0. The van der Waals surface area contributed by atoms with Crippen LogP contribution in [0.25, 0.3) is 0 Å². The van der Waals surface area contributed by atoms with Gasteiger partial charge in [0.15, 0.2) is 0 Å². The Balaban J connectivity index is 2.55. The fourth-order valence-corrected chi connectivity index (χ4v) is 1.25. The smallest absolute Gasteiger partial charge is 0.251 e. The van der Waals surface area contributed by atoms with Crippen molar-refractivity contribution in [2.75, 3.05) is 14.2 Å². The first-order chi connectivity index (χ1) is 4.75. The lowest BCUT2D eigenvalue weighted by molar-refractivity contribution is -0.153. The number of hydrogen-bond acceptors (Lipinski definition) is 2. The summed E-state index contributed by atoms with van der Waals surface area (Å²) >= 11 is 0. The van der Waals surface area contributed by atoms with Crippen LogP contribution < -0.4 is 5.32 Å². The van der Waals surface area contributed by atoms with Gasteiger partial charge in [0.25, 0.3) is 5.91 Å². The molecule has 3 heteroatoms. The molecule has 0 spiro atoms. The topological polar surface area (TPSA) is 38.3 Å². The van der Waals surface area contributed by atoms with Crippen LogP contribution >= 0.6 is 0 Å². The van der Waals surface area contributed by atoms with Crippen molar-refractivity contribution in [3.63, 3.8) is 0 Å². The number of carbonyl (C=O) groups is 1. The molecule has 1 fully saturated rings. The van der Waals surface area contributed by atoms with Gasteiger partial charge in [0, 0.05) is 14.2 Å². The molecule has 10 heavy (non-hydrogen) atoms. The second kappa shape index (κ2) is 2.58. The minimum Gasteiger partial charge on any atom is -0.368 e. The van der Waals surface area contributed by atoms with Gasteiger partial charge in [-0.25, -0.2) is 0 Å². The molecule has 0 aromatic rings. The van der Waals surface area contributed by atoms with Crippen molar-refractivity contribution >= 4 is 5.91 Å². The van der Waals surface area contributed by atoms with Crippen molar-refractivity contribution in [2.24, 2.45) is 0 Å². The maximum absolute atomic E-state index is 11.1. The lowest BCUT2D eigenvalue weighted by Gasteiger charge is -2.38. The Labute approximate surface area is 60.7 Å². The van der Waals surface area contributed by atoms with Crippen LogP contribution in [0.2, 0.25) is 0 Å². The summed E-state index contributed by atoms with van der Waals surface area (Å²) in [5.41, 5.74) is -0.477. The van der Waals surface area contributed by atoms with Crippen LogP contribution in [0.5, 0.6) is 0 Å². The summed E-state index contributed by atoms with van der Waals surface area (Å²) in [4.78, 5) is 11.1. The van der Waals surface area contributed by atoms with Crippen LogP contribution in [-0.2, 0) is 9.53 Å². The van der Waals surface area contributed by atoms with Crippen LogP contribution in [0.4, 0.5) is 0 Å². The Morgan fingerprint density at radius 1 is 1.60 bits per heavy atom. The molecule has 1 saturated carbocycles. The van der Waals surface area contributed by atoms with Crippen molar-refractivity contribution in [1.82, 2.24) is 5.32 Å². The molecule has 58 valence electrons. The van der Waals surface area contributed by atoms with E-state index in [-0.39, 0.29) is 5.91 Å². The number of amides is 1. The molecule has 0 atom stereocenters. The lowest BCUT2D eigenvalue weighted by Crippen LogP contribution is -2.52. The van der Waals surface area contributed by atoms with Gasteiger partial charge < -0.3 is 10.1 Å². The Hall–Kier alpha value is -0.570. The number of methoxy groups -OCH3 is 1. The highest BCUT2D eigenvalue weighted by molar-refractivity contribution is 5.85. The van der Waals surface area contributed by atoms with Crippen LogP contribution in [-0.4, -0.2) is 25.7 Å². The number of rotatable bonds is 2.